The summed E-state index contributed by atoms with van der Waals surface area (Å²) in [5, 5.41) is 23.4. The van der Waals surface area contributed by atoms with Crippen LogP contribution in [0.3, 0.4) is 0 Å². The summed E-state index contributed by atoms with van der Waals surface area (Å²) in [7, 11) is 0. The Morgan fingerprint density at radius 1 is 0.315 bits per heavy atom. The molecule has 89 heavy (non-hydrogen) atoms. The minimum atomic E-state index is -0.663. The smallest absolute Gasteiger partial charge is 0.305 e. The van der Waals surface area contributed by atoms with E-state index in [9.17, 15) is 19.8 Å². The Bertz CT molecular complexity index is 1400. The molecule has 1 amide bonds. The minimum Gasteiger partial charge on any atom is -0.466 e. The molecule has 0 bridgehead atoms. The van der Waals surface area contributed by atoms with E-state index in [0.29, 0.717) is 25.9 Å². The largest absolute Gasteiger partial charge is 0.466 e. The fraction of sp³-hybridized carbons (Fsp3) is 0.928. The first-order valence-corrected chi connectivity index (χ1v) is 41.1. The molecule has 0 fully saturated rings. The lowest BCUT2D eigenvalue weighted by Gasteiger charge is -2.22. The van der Waals surface area contributed by atoms with Crippen molar-refractivity contribution in [1.82, 2.24) is 5.32 Å². The molecule has 0 aliphatic rings. The van der Waals surface area contributed by atoms with E-state index in [4.69, 9.17) is 4.74 Å². The van der Waals surface area contributed by atoms with Crippen molar-refractivity contribution in [3.05, 3.63) is 24.3 Å². The number of ether oxygens (including phenoxy) is 1. The molecule has 3 N–H and O–H groups in total. The monoisotopic (exact) mass is 1250 g/mol. The molecule has 0 rings (SSSR count). The van der Waals surface area contributed by atoms with E-state index in [1.807, 2.05) is 0 Å². The molecular formula is C83H161NO5. The van der Waals surface area contributed by atoms with E-state index in [2.05, 4.69) is 43.5 Å². The van der Waals surface area contributed by atoms with Crippen LogP contribution < -0.4 is 5.32 Å². The number of hydrogen-bond donors (Lipinski definition) is 3. The van der Waals surface area contributed by atoms with Crippen LogP contribution in [0.5, 0.6) is 0 Å². The molecule has 0 aromatic carbocycles. The summed E-state index contributed by atoms with van der Waals surface area (Å²) in [6.07, 6.45) is 101. The van der Waals surface area contributed by atoms with Crippen LogP contribution in [0.4, 0.5) is 0 Å². The summed E-state index contributed by atoms with van der Waals surface area (Å²) in [6, 6.07) is -0.540. The Morgan fingerprint density at radius 2 is 0.562 bits per heavy atom. The van der Waals surface area contributed by atoms with Gasteiger partial charge in [-0.15, -0.1) is 0 Å². The van der Waals surface area contributed by atoms with Crippen molar-refractivity contribution in [2.75, 3.05) is 13.2 Å². The van der Waals surface area contributed by atoms with Crippen molar-refractivity contribution >= 4 is 11.9 Å². The van der Waals surface area contributed by atoms with Gasteiger partial charge in [0.1, 0.15) is 0 Å². The van der Waals surface area contributed by atoms with Gasteiger partial charge in [0.05, 0.1) is 25.4 Å². The number of aliphatic hydroxyl groups is 2. The Hall–Kier alpha value is -1.66. The SMILES string of the molecule is CCCCCCCCCCCCCCCCCCCCCC(O)C(CO)NC(=O)CCCCCCCCCCCCCCCCCCC/C=C\C/C=C\CCCCCCCCCCCCCCCCCOC(=O)CCCCCCCCCCCCCCCC. The molecule has 2 atom stereocenters. The van der Waals surface area contributed by atoms with Crippen molar-refractivity contribution in [3.8, 4) is 0 Å². The second kappa shape index (κ2) is 78.8. The van der Waals surface area contributed by atoms with Crippen molar-refractivity contribution in [2.45, 2.75) is 482 Å². The van der Waals surface area contributed by atoms with Crippen molar-refractivity contribution in [2.24, 2.45) is 0 Å². The highest BCUT2D eigenvalue weighted by molar-refractivity contribution is 5.76. The lowest BCUT2D eigenvalue weighted by molar-refractivity contribution is -0.143. The summed E-state index contributed by atoms with van der Waals surface area (Å²) in [6.45, 7) is 5.01. The summed E-state index contributed by atoms with van der Waals surface area (Å²) in [4.78, 5) is 24.6. The molecule has 0 heterocycles. The molecule has 528 valence electrons. The maximum absolute atomic E-state index is 12.6. The average molecular weight is 1250 g/mol. The second-order valence-electron chi connectivity index (χ2n) is 28.5. The summed E-state index contributed by atoms with van der Waals surface area (Å²) >= 11 is 0. The van der Waals surface area contributed by atoms with Gasteiger partial charge < -0.3 is 20.3 Å². The van der Waals surface area contributed by atoms with Crippen molar-refractivity contribution in [3.63, 3.8) is 0 Å². The summed E-state index contributed by atoms with van der Waals surface area (Å²) in [5.41, 5.74) is 0. The van der Waals surface area contributed by atoms with Gasteiger partial charge in [-0.2, -0.15) is 0 Å². The number of nitrogens with one attached hydrogen (secondary N) is 1. The van der Waals surface area contributed by atoms with E-state index in [0.717, 1.165) is 44.9 Å². The molecule has 0 radical (unpaired) electrons. The molecule has 0 aliphatic heterocycles. The number of carbonyl (C=O) groups excluding carboxylic acids is 2. The number of allylic oxidation sites excluding steroid dienone is 4. The first kappa shape index (κ1) is 87.3. The van der Waals surface area contributed by atoms with Crippen molar-refractivity contribution in [1.29, 1.82) is 0 Å². The first-order valence-electron chi connectivity index (χ1n) is 41.1. The van der Waals surface area contributed by atoms with E-state index >= 15 is 0 Å². The molecule has 6 heteroatoms. The van der Waals surface area contributed by atoms with Crippen LogP contribution in [0.15, 0.2) is 24.3 Å². The maximum Gasteiger partial charge on any atom is 0.305 e. The van der Waals surface area contributed by atoms with Gasteiger partial charge in [0.2, 0.25) is 5.91 Å². The molecule has 0 aromatic rings. The van der Waals surface area contributed by atoms with Gasteiger partial charge in [-0.3, -0.25) is 9.59 Å². The number of carbonyl (C=O) groups is 2. The molecular weight excluding hydrogens is 1090 g/mol. The zero-order valence-electron chi connectivity index (χ0n) is 60.7. The van der Waals surface area contributed by atoms with Gasteiger partial charge in [0, 0.05) is 12.8 Å². The second-order valence-corrected chi connectivity index (χ2v) is 28.5. The standard InChI is InChI=1S/C83H161NO5/c1-3-5-7-9-11-13-15-17-19-20-42-45-48-51-55-59-63-67-71-75-81(86)80(79-85)84-82(87)76-72-68-64-60-56-52-49-46-43-40-38-36-34-32-30-28-26-24-22-21-23-25-27-29-31-33-35-37-39-41-44-47-50-54-58-62-66-70-74-78-89-83(88)77-73-69-65-61-57-53-18-16-14-12-10-8-6-4-2/h21-22,25,27,80-81,85-86H,3-20,23-24,26,28-79H2,1-2H3,(H,84,87)/b22-21-,27-25-. The van der Waals surface area contributed by atoms with Crippen LogP contribution in [0.1, 0.15) is 470 Å². The Balaban J connectivity index is 3.34. The topological polar surface area (TPSA) is 95.9 Å². The van der Waals surface area contributed by atoms with Gasteiger partial charge >= 0.3 is 5.97 Å². The lowest BCUT2D eigenvalue weighted by Crippen LogP contribution is -2.45. The number of amides is 1. The molecule has 6 nitrogen and oxygen atoms in total. The third kappa shape index (κ3) is 75.3. The maximum atomic E-state index is 12.6. The number of unbranched alkanes of at least 4 members (excludes halogenated alkanes) is 63. The van der Waals surface area contributed by atoms with Crippen LogP contribution >= 0.6 is 0 Å². The van der Waals surface area contributed by atoms with Gasteiger partial charge in [-0.25, -0.2) is 0 Å². The van der Waals surface area contributed by atoms with E-state index in [1.165, 1.54) is 392 Å². The number of rotatable bonds is 78. The van der Waals surface area contributed by atoms with E-state index in [-0.39, 0.29) is 18.5 Å². The van der Waals surface area contributed by atoms with Crippen LogP contribution in [-0.4, -0.2) is 47.4 Å². The van der Waals surface area contributed by atoms with Gasteiger partial charge in [0.15, 0.2) is 0 Å². The molecule has 0 aliphatic carbocycles. The van der Waals surface area contributed by atoms with Crippen LogP contribution in [0.2, 0.25) is 0 Å². The fourth-order valence-electron chi connectivity index (χ4n) is 13.3. The highest BCUT2D eigenvalue weighted by Crippen LogP contribution is 2.20. The number of hydrogen-bond acceptors (Lipinski definition) is 5. The third-order valence-electron chi connectivity index (χ3n) is 19.5. The molecule has 2 unspecified atom stereocenters. The fourth-order valence-corrected chi connectivity index (χ4v) is 13.3. The van der Waals surface area contributed by atoms with Gasteiger partial charge in [-0.05, 0) is 57.8 Å². The zero-order valence-corrected chi connectivity index (χ0v) is 60.7. The Morgan fingerprint density at radius 3 is 0.854 bits per heavy atom. The Kier molecular flexibility index (Phi) is 77.3. The van der Waals surface area contributed by atoms with E-state index in [1.54, 1.807) is 0 Å². The van der Waals surface area contributed by atoms with Crippen molar-refractivity contribution < 1.29 is 24.5 Å². The lowest BCUT2D eigenvalue weighted by atomic mass is 10.0. The van der Waals surface area contributed by atoms with Gasteiger partial charge in [-0.1, -0.05) is 423 Å². The summed E-state index contributed by atoms with van der Waals surface area (Å²) in [5.74, 6) is -0.00329. The molecule has 0 spiro atoms. The molecule has 0 saturated heterocycles. The predicted octanol–water partition coefficient (Wildman–Crippen LogP) is 27.2. The first-order chi connectivity index (χ1) is 44.0. The normalized spacial score (nSPS) is 12.5. The quantitative estimate of drug-likeness (QED) is 0.0320. The Labute approximate surface area is 558 Å². The third-order valence-corrected chi connectivity index (χ3v) is 19.5. The molecule has 0 aromatic heterocycles. The van der Waals surface area contributed by atoms with E-state index < -0.39 is 12.1 Å². The predicted molar refractivity (Wildman–Crippen MR) is 393 cm³/mol. The van der Waals surface area contributed by atoms with Crippen LogP contribution in [0, 0.1) is 0 Å². The number of aliphatic hydroxyl groups excluding tert-OH is 2. The van der Waals surface area contributed by atoms with Crippen LogP contribution in [-0.2, 0) is 14.3 Å². The van der Waals surface area contributed by atoms with Gasteiger partial charge in [0.25, 0.3) is 0 Å². The molecule has 0 saturated carbocycles. The summed E-state index contributed by atoms with van der Waals surface area (Å²) < 4.78 is 5.50. The zero-order chi connectivity index (χ0) is 64.2. The minimum absolute atomic E-state index is 0.0236. The highest BCUT2D eigenvalue weighted by atomic mass is 16.5. The van der Waals surface area contributed by atoms with Crippen LogP contribution in [0.25, 0.3) is 0 Å². The number of esters is 1. The highest BCUT2D eigenvalue weighted by Gasteiger charge is 2.20. The average Bonchev–Trinajstić information content (AvgIpc) is 3.62.